The van der Waals surface area contributed by atoms with E-state index in [0.29, 0.717) is 11.6 Å². The Kier molecular flexibility index (Phi) is 5.04. The fourth-order valence-corrected chi connectivity index (χ4v) is 3.23. The number of hydrogen-bond donors (Lipinski definition) is 2. The number of hydrazine groups is 1. The van der Waals surface area contributed by atoms with Crippen LogP contribution in [0.3, 0.4) is 0 Å². The summed E-state index contributed by atoms with van der Waals surface area (Å²) in [4.78, 5) is 4.06. The average Bonchev–Trinajstić information content (AvgIpc) is 2.24. The van der Waals surface area contributed by atoms with Crippen LogP contribution in [0.5, 0.6) is 0 Å². The zero-order chi connectivity index (χ0) is 12.0. The van der Waals surface area contributed by atoms with E-state index in [1.807, 2.05) is 6.07 Å². The van der Waals surface area contributed by atoms with E-state index < -0.39 is 9.84 Å². The van der Waals surface area contributed by atoms with E-state index >= 15 is 0 Å². The molecule has 0 saturated carbocycles. The average molecular weight is 261 g/mol. The molecule has 5 nitrogen and oxygen atoms in total. The van der Waals surface area contributed by atoms with Crippen LogP contribution in [0, 0.1) is 0 Å². The second-order valence-corrected chi connectivity index (χ2v) is 6.74. The molecule has 1 aromatic heterocycles. The number of rotatable bonds is 6. The summed E-state index contributed by atoms with van der Waals surface area (Å²) in [6.45, 7) is 0. The summed E-state index contributed by atoms with van der Waals surface area (Å²) >= 11 is 1.58. The van der Waals surface area contributed by atoms with Crippen LogP contribution in [-0.4, -0.2) is 31.2 Å². The lowest BCUT2D eigenvalue weighted by Crippen LogP contribution is -2.08. The van der Waals surface area contributed by atoms with Crippen molar-refractivity contribution in [3.05, 3.63) is 23.9 Å². The number of nitrogens with two attached hydrogens (primary N) is 1. The van der Waals surface area contributed by atoms with Crippen molar-refractivity contribution in [1.29, 1.82) is 0 Å². The largest absolute Gasteiger partial charge is 0.308 e. The first-order chi connectivity index (χ1) is 7.51. The van der Waals surface area contributed by atoms with Crippen molar-refractivity contribution in [1.82, 2.24) is 4.98 Å². The van der Waals surface area contributed by atoms with Gasteiger partial charge in [0.15, 0.2) is 0 Å². The molecule has 1 rings (SSSR count). The molecule has 0 aliphatic carbocycles. The van der Waals surface area contributed by atoms with E-state index in [1.165, 1.54) is 6.26 Å². The third-order valence-electron chi connectivity index (χ3n) is 1.84. The predicted octanol–water partition coefficient (Wildman–Crippen LogP) is 0.645. The summed E-state index contributed by atoms with van der Waals surface area (Å²) in [5.74, 6) is 7.38. The van der Waals surface area contributed by atoms with Crippen molar-refractivity contribution in [3.63, 3.8) is 0 Å². The summed E-state index contributed by atoms with van der Waals surface area (Å²) in [7, 11) is -2.85. The van der Waals surface area contributed by atoms with Crippen LogP contribution in [0.25, 0.3) is 0 Å². The molecular weight excluding hydrogens is 246 g/mol. The van der Waals surface area contributed by atoms with E-state index in [-0.39, 0.29) is 5.75 Å². The number of nitrogens with one attached hydrogen (secondary N) is 1. The molecule has 0 aliphatic heterocycles. The molecule has 0 saturated heterocycles. The summed E-state index contributed by atoms with van der Waals surface area (Å²) in [5, 5.41) is 0. The predicted molar refractivity (Wildman–Crippen MR) is 67.9 cm³/mol. The van der Waals surface area contributed by atoms with E-state index in [1.54, 1.807) is 24.0 Å². The van der Waals surface area contributed by atoms with Gasteiger partial charge in [0, 0.05) is 24.0 Å². The number of pyridine rings is 1. The first kappa shape index (κ1) is 13.3. The maximum absolute atomic E-state index is 10.9. The van der Waals surface area contributed by atoms with E-state index in [9.17, 15) is 8.42 Å². The van der Waals surface area contributed by atoms with Gasteiger partial charge >= 0.3 is 0 Å². The van der Waals surface area contributed by atoms with Crippen LogP contribution in [0.2, 0.25) is 0 Å². The quantitative estimate of drug-likeness (QED) is 0.444. The smallest absolute Gasteiger partial charge is 0.148 e. The molecule has 0 unspecified atom stereocenters. The van der Waals surface area contributed by atoms with Crippen molar-refractivity contribution >= 4 is 27.4 Å². The fraction of sp³-hybridized carbons (Fsp3) is 0.444. The molecule has 0 amide bonds. The zero-order valence-electron chi connectivity index (χ0n) is 9.01. The fourth-order valence-electron chi connectivity index (χ4n) is 0.996. The number of hydrogen-bond acceptors (Lipinski definition) is 6. The lowest BCUT2D eigenvalue weighted by Gasteiger charge is -2.02. The lowest BCUT2D eigenvalue weighted by atomic mass is 10.3. The van der Waals surface area contributed by atoms with Gasteiger partial charge in [-0.25, -0.2) is 19.2 Å². The van der Waals surface area contributed by atoms with Gasteiger partial charge in [-0.1, -0.05) is 6.07 Å². The van der Waals surface area contributed by atoms with Gasteiger partial charge in [-0.15, -0.1) is 0 Å². The molecule has 0 fully saturated rings. The van der Waals surface area contributed by atoms with Gasteiger partial charge in [0.2, 0.25) is 0 Å². The molecule has 0 bridgehead atoms. The Labute approximate surface area is 99.7 Å². The minimum Gasteiger partial charge on any atom is -0.308 e. The number of sulfone groups is 1. The summed E-state index contributed by atoms with van der Waals surface area (Å²) < 4.78 is 21.8. The minimum atomic E-state index is -2.85. The Bertz CT molecular complexity index is 417. The van der Waals surface area contributed by atoms with E-state index in [0.717, 1.165) is 11.3 Å². The maximum atomic E-state index is 10.9. The highest BCUT2D eigenvalue weighted by Gasteiger charge is 2.02. The topological polar surface area (TPSA) is 85.1 Å². The molecule has 0 aliphatic rings. The molecular formula is C9H15N3O2S2. The van der Waals surface area contributed by atoms with Gasteiger partial charge in [-0.3, -0.25) is 0 Å². The van der Waals surface area contributed by atoms with E-state index in [2.05, 4.69) is 10.4 Å². The van der Waals surface area contributed by atoms with Crippen LogP contribution in [0.1, 0.15) is 5.56 Å². The number of nitrogen functional groups attached to an aromatic ring is 1. The first-order valence-electron chi connectivity index (χ1n) is 4.68. The standard InChI is InChI=1S/C9H15N3O2S2/c1-16(13,14)5-4-15-7-8-2-3-9(12-10)11-6-8/h2-3,6H,4-5,7,10H2,1H3,(H,11,12). The Morgan fingerprint density at radius 2 is 2.25 bits per heavy atom. The van der Waals surface area contributed by atoms with Crippen LogP contribution in [0.15, 0.2) is 18.3 Å². The number of thioether (sulfide) groups is 1. The molecule has 0 radical (unpaired) electrons. The maximum Gasteiger partial charge on any atom is 0.148 e. The molecule has 0 atom stereocenters. The number of anilines is 1. The van der Waals surface area contributed by atoms with Crippen molar-refractivity contribution < 1.29 is 8.42 Å². The molecule has 3 N–H and O–H groups in total. The Hall–Kier alpha value is -0.790. The minimum absolute atomic E-state index is 0.216. The first-order valence-corrected chi connectivity index (χ1v) is 7.90. The van der Waals surface area contributed by atoms with Crippen LogP contribution in [0.4, 0.5) is 5.82 Å². The Morgan fingerprint density at radius 1 is 1.50 bits per heavy atom. The Morgan fingerprint density at radius 3 is 2.75 bits per heavy atom. The van der Waals surface area contributed by atoms with Crippen molar-refractivity contribution in [3.8, 4) is 0 Å². The van der Waals surface area contributed by atoms with Crippen molar-refractivity contribution in [2.75, 3.05) is 23.2 Å². The van der Waals surface area contributed by atoms with Crippen molar-refractivity contribution in [2.24, 2.45) is 5.84 Å². The molecule has 0 spiro atoms. The molecule has 7 heteroatoms. The third-order valence-corrected chi connectivity index (χ3v) is 4.07. The molecule has 1 heterocycles. The van der Waals surface area contributed by atoms with Crippen LogP contribution >= 0.6 is 11.8 Å². The van der Waals surface area contributed by atoms with Gasteiger partial charge in [-0.2, -0.15) is 11.8 Å². The summed E-state index contributed by atoms with van der Waals surface area (Å²) in [6.07, 6.45) is 2.97. The van der Waals surface area contributed by atoms with Gasteiger partial charge in [0.1, 0.15) is 15.7 Å². The lowest BCUT2D eigenvalue weighted by molar-refractivity contribution is 0.603. The van der Waals surface area contributed by atoms with E-state index in [4.69, 9.17) is 5.84 Å². The highest BCUT2D eigenvalue weighted by Crippen LogP contribution is 2.12. The molecule has 1 aromatic rings. The second-order valence-electron chi connectivity index (χ2n) is 3.38. The SMILES string of the molecule is CS(=O)(=O)CCSCc1ccc(NN)nc1. The number of nitrogens with zero attached hydrogens (tertiary/aromatic N) is 1. The highest BCUT2D eigenvalue weighted by atomic mass is 32.2. The summed E-state index contributed by atoms with van der Waals surface area (Å²) in [6, 6.07) is 3.70. The normalized spacial score (nSPS) is 11.4. The Balaban J connectivity index is 2.32. The zero-order valence-corrected chi connectivity index (χ0v) is 10.6. The highest BCUT2D eigenvalue weighted by molar-refractivity contribution is 7.99. The molecule has 90 valence electrons. The monoisotopic (exact) mass is 261 g/mol. The van der Waals surface area contributed by atoms with Gasteiger partial charge < -0.3 is 5.43 Å². The van der Waals surface area contributed by atoms with Gasteiger partial charge in [0.25, 0.3) is 0 Å². The van der Waals surface area contributed by atoms with Crippen LogP contribution in [-0.2, 0) is 15.6 Å². The van der Waals surface area contributed by atoms with Crippen LogP contribution < -0.4 is 11.3 Å². The van der Waals surface area contributed by atoms with Crippen molar-refractivity contribution in [2.45, 2.75) is 5.75 Å². The number of aromatic nitrogens is 1. The third kappa shape index (κ3) is 5.34. The molecule has 0 aromatic carbocycles. The molecule has 16 heavy (non-hydrogen) atoms. The van der Waals surface area contributed by atoms with Gasteiger partial charge in [0.05, 0.1) is 5.75 Å². The van der Waals surface area contributed by atoms with Gasteiger partial charge in [-0.05, 0) is 11.6 Å². The second kappa shape index (κ2) is 6.07. The summed E-state index contributed by atoms with van der Waals surface area (Å²) in [5.41, 5.74) is 3.50.